The minimum atomic E-state index is -3.75. The second-order valence-electron chi connectivity index (χ2n) is 6.69. The molecule has 29 heavy (non-hydrogen) atoms. The van der Waals surface area contributed by atoms with E-state index in [9.17, 15) is 13.2 Å². The maximum atomic E-state index is 13.0. The third kappa shape index (κ3) is 5.08. The minimum absolute atomic E-state index is 0.0150. The lowest BCUT2D eigenvalue weighted by Crippen LogP contribution is -2.40. The van der Waals surface area contributed by atoms with Gasteiger partial charge < -0.3 is 14.8 Å². The van der Waals surface area contributed by atoms with Crippen molar-refractivity contribution in [3.05, 3.63) is 52.5 Å². The van der Waals surface area contributed by atoms with E-state index in [4.69, 9.17) is 21.1 Å². The highest BCUT2D eigenvalue weighted by Crippen LogP contribution is 2.29. The molecule has 0 saturated carbocycles. The Morgan fingerprint density at radius 2 is 1.93 bits per heavy atom. The summed E-state index contributed by atoms with van der Waals surface area (Å²) in [4.78, 5) is 12.5. The Morgan fingerprint density at radius 3 is 2.59 bits per heavy atom. The van der Waals surface area contributed by atoms with E-state index >= 15 is 0 Å². The van der Waals surface area contributed by atoms with Gasteiger partial charge in [-0.3, -0.25) is 4.79 Å². The number of nitrogens with zero attached hydrogens (tertiary/aromatic N) is 1. The zero-order valence-corrected chi connectivity index (χ0v) is 17.8. The smallest absolute Gasteiger partial charge is 0.246 e. The molecule has 0 bridgehead atoms. The fraction of sp³-hybridized carbons (Fsp3) is 0.350. The number of rotatable bonds is 6. The molecule has 3 rings (SSSR count). The van der Waals surface area contributed by atoms with Crippen LogP contribution in [-0.2, 0) is 26.0 Å². The van der Waals surface area contributed by atoms with Crippen LogP contribution in [0.2, 0.25) is 5.02 Å². The first-order chi connectivity index (χ1) is 13.8. The van der Waals surface area contributed by atoms with Gasteiger partial charge in [0.15, 0.2) is 0 Å². The second-order valence-corrected chi connectivity index (χ2v) is 9.00. The average molecular weight is 439 g/mol. The van der Waals surface area contributed by atoms with Gasteiger partial charge in [0.05, 0.1) is 26.7 Å². The SMILES string of the molecule is COc1ccc(CC(=O)Nc2ccc(C)c(Cl)c2)cc1S(=O)(=O)N1CCOCC1. The Morgan fingerprint density at radius 1 is 1.21 bits per heavy atom. The monoisotopic (exact) mass is 438 g/mol. The van der Waals surface area contributed by atoms with E-state index in [2.05, 4.69) is 5.32 Å². The predicted molar refractivity (Wildman–Crippen MR) is 111 cm³/mol. The maximum Gasteiger partial charge on any atom is 0.246 e. The summed E-state index contributed by atoms with van der Waals surface area (Å²) in [7, 11) is -2.34. The summed E-state index contributed by atoms with van der Waals surface area (Å²) < 4.78 is 37.9. The van der Waals surface area contributed by atoms with Crippen LogP contribution in [0.25, 0.3) is 0 Å². The highest BCUT2D eigenvalue weighted by atomic mass is 35.5. The van der Waals surface area contributed by atoms with E-state index in [1.54, 1.807) is 24.3 Å². The molecular weight excluding hydrogens is 416 g/mol. The second kappa shape index (κ2) is 9.13. The number of hydrogen-bond acceptors (Lipinski definition) is 5. The third-order valence-electron chi connectivity index (χ3n) is 4.64. The average Bonchev–Trinajstić information content (AvgIpc) is 2.71. The maximum absolute atomic E-state index is 13.0. The van der Waals surface area contributed by atoms with Gasteiger partial charge in [-0.15, -0.1) is 0 Å². The Labute approximate surface area is 175 Å². The Hall–Kier alpha value is -2.13. The summed E-state index contributed by atoms with van der Waals surface area (Å²) >= 11 is 6.09. The van der Waals surface area contributed by atoms with Gasteiger partial charge in [0, 0.05) is 23.8 Å². The van der Waals surface area contributed by atoms with Crippen LogP contribution in [0.1, 0.15) is 11.1 Å². The topological polar surface area (TPSA) is 84.9 Å². The standard InChI is InChI=1S/C20H23ClN2O5S/c1-14-3-5-16(13-17(14)21)22-20(24)12-15-4-6-18(27-2)19(11-15)29(25,26)23-7-9-28-10-8-23/h3-6,11,13H,7-10,12H2,1-2H3,(H,22,24). The predicted octanol–water partition coefficient (Wildman–Crippen LogP) is 2.86. The molecule has 9 heteroatoms. The van der Waals surface area contributed by atoms with Crippen LogP contribution >= 0.6 is 11.6 Å². The molecule has 0 unspecified atom stereocenters. The van der Waals surface area contributed by atoms with Crippen LogP contribution in [0.3, 0.4) is 0 Å². The van der Waals surface area contributed by atoms with Crippen molar-refractivity contribution in [1.29, 1.82) is 0 Å². The van der Waals surface area contributed by atoms with E-state index in [1.165, 1.54) is 17.5 Å². The van der Waals surface area contributed by atoms with Gasteiger partial charge in [-0.25, -0.2) is 8.42 Å². The van der Waals surface area contributed by atoms with Crippen molar-refractivity contribution in [2.24, 2.45) is 0 Å². The number of sulfonamides is 1. The fourth-order valence-corrected chi connectivity index (χ4v) is 4.81. The number of nitrogens with one attached hydrogen (secondary N) is 1. The molecule has 1 saturated heterocycles. The number of amides is 1. The van der Waals surface area contributed by atoms with Crippen LogP contribution in [0, 0.1) is 6.92 Å². The molecule has 0 spiro atoms. The van der Waals surface area contributed by atoms with Gasteiger partial charge in [-0.2, -0.15) is 4.31 Å². The number of carbonyl (C=O) groups is 1. The molecule has 1 aliphatic rings. The molecule has 2 aromatic carbocycles. The van der Waals surface area contributed by atoms with Crippen LogP contribution in [-0.4, -0.2) is 52.0 Å². The van der Waals surface area contributed by atoms with Crippen LogP contribution in [0.4, 0.5) is 5.69 Å². The molecule has 0 aliphatic carbocycles. The first kappa shape index (κ1) is 21.6. The van der Waals surface area contributed by atoms with Gasteiger partial charge >= 0.3 is 0 Å². The number of methoxy groups -OCH3 is 1. The molecule has 156 valence electrons. The number of halogens is 1. The van der Waals surface area contributed by atoms with Crippen LogP contribution < -0.4 is 10.1 Å². The number of aryl methyl sites for hydroxylation is 1. The lowest BCUT2D eigenvalue weighted by Gasteiger charge is -2.26. The van der Waals surface area contributed by atoms with Gasteiger partial charge in [0.25, 0.3) is 0 Å². The Bertz CT molecular complexity index is 1000. The molecule has 2 aromatic rings. The number of carbonyl (C=O) groups excluding carboxylic acids is 1. The van der Waals surface area contributed by atoms with E-state index in [0.717, 1.165) is 5.56 Å². The number of ether oxygens (including phenoxy) is 2. The zero-order chi connectivity index (χ0) is 21.0. The van der Waals surface area contributed by atoms with Gasteiger partial charge in [0.1, 0.15) is 10.6 Å². The lowest BCUT2D eigenvalue weighted by atomic mass is 10.1. The van der Waals surface area contributed by atoms with Crippen molar-refractivity contribution in [1.82, 2.24) is 4.31 Å². The van der Waals surface area contributed by atoms with E-state index in [-0.39, 0.29) is 36.1 Å². The highest BCUT2D eigenvalue weighted by molar-refractivity contribution is 7.89. The molecular formula is C20H23ClN2O5S. The molecule has 1 aliphatic heterocycles. The summed E-state index contributed by atoms with van der Waals surface area (Å²) in [6, 6.07) is 10.00. The van der Waals surface area contributed by atoms with Crippen molar-refractivity contribution in [2.75, 3.05) is 38.7 Å². The normalized spacial score (nSPS) is 15.1. The summed E-state index contributed by atoms with van der Waals surface area (Å²) in [5.41, 5.74) is 2.06. The Kier molecular flexibility index (Phi) is 6.79. The lowest BCUT2D eigenvalue weighted by molar-refractivity contribution is -0.115. The first-order valence-corrected chi connectivity index (χ1v) is 10.9. The Balaban J connectivity index is 1.80. The molecule has 1 N–H and O–H groups in total. The van der Waals surface area contributed by atoms with Crippen molar-refractivity contribution in [3.63, 3.8) is 0 Å². The molecule has 0 aromatic heterocycles. The van der Waals surface area contributed by atoms with Crippen molar-refractivity contribution >= 4 is 33.2 Å². The number of morpholine rings is 1. The van der Waals surface area contributed by atoms with Crippen molar-refractivity contribution < 1.29 is 22.7 Å². The van der Waals surface area contributed by atoms with Gasteiger partial charge in [-0.05, 0) is 42.3 Å². The fourth-order valence-electron chi connectivity index (χ4n) is 3.02. The molecule has 1 amide bonds. The first-order valence-electron chi connectivity index (χ1n) is 9.12. The summed E-state index contributed by atoms with van der Waals surface area (Å²) in [6.45, 7) is 3.14. The molecule has 0 radical (unpaired) electrons. The number of benzene rings is 2. The van der Waals surface area contributed by atoms with Gasteiger partial charge in [0.2, 0.25) is 15.9 Å². The molecule has 0 atom stereocenters. The zero-order valence-electron chi connectivity index (χ0n) is 16.3. The van der Waals surface area contributed by atoms with E-state index in [1.807, 2.05) is 13.0 Å². The molecule has 1 fully saturated rings. The summed E-state index contributed by atoms with van der Waals surface area (Å²) in [5.74, 6) is -0.0317. The third-order valence-corrected chi connectivity index (χ3v) is 6.96. The molecule has 7 nitrogen and oxygen atoms in total. The van der Waals surface area contributed by atoms with Gasteiger partial charge in [-0.1, -0.05) is 23.7 Å². The quantitative estimate of drug-likeness (QED) is 0.749. The van der Waals surface area contributed by atoms with E-state index in [0.29, 0.717) is 29.5 Å². The van der Waals surface area contributed by atoms with Crippen molar-refractivity contribution in [2.45, 2.75) is 18.2 Å². The minimum Gasteiger partial charge on any atom is -0.495 e. The molecule has 1 heterocycles. The number of hydrogen-bond donors (Lipinski definition) is 1. The van der Waals surface area contributed by atoms with E-state index < -0.39 is 10.0 Å². The largest absolute Gasteiger partial charge is 0.495 e. The number of anilines is 1. The van der Waals surface area contributed by atoms with Crippen LogP contribution in [0.15, 0.2) is 41.3 Å². The summed E-state index contributed by atoms with van der Waals surface area (Å²) in [6.07, 6.45) is 0.0150. The highest BCUT2D eigenvalue weighted by Gasteiger charge is 2.29. The van der Waals surface area contributed by atoms with Crippen molar-refractivity contribution in [3.8, 4) is 5.75 Å². The van der Waals surface area contributed by atoms with Crippen LogP contribution in [0.5, 0.6) is 5.75 Å². The summed E-state index contributed by atoms with van der Waals surface area (Å²) in [5, 5.41) is 3.34.